The predicted molar refractivity (Wildman–Crippen MR) is 98.6 cm³/mol. The summed E-state index contributed by atoms with van der Waals surface area (Å²) in [4.78, 5) is 23.6. The van der Waals surface area contributed by atoms with Crippen molar-refractivity contribution in [3.05, 3.63) is 59.2 Å². The van der Waals surface area contributed by atoms with E-state index in [0.717, 1.165) is 29.8 Å². The number of benzene rings is 1. The van der Waals surface area contributed by atoms with E-state index < -0.39 is 0 Å². The molecule has 0 unspecified atom stereocenters. The van der Waals surface area contributed by atoms with Crippen LogP contribution in [0, 0.1) is 13.8 Å². The van der Waals surface area contributed by atoms with Gasteiger partial charge in [-0.05, 0) is 44.2 Å². The Bertz CT molecular complexity index is 930. The molecule has 26 heavy (non-hydrogen) atoms. The van der Waals surface area contributed by atoms with Crippen LogP contribution in [0.15, 0.2) is 36.7 Å². The van der Waals surface area contributed by atoms with Gasteiger partial charge in [-0.2, -0.15) is 10.1 Å². The number of aromatic nitrogens is 4. The second-order valence-corrected chi connectivity index (χ2v) is 6.97. The molecule has 1 amide bonds. The van der Waals surface area contributed by atoms with E-state index in [1.165, 1.54) is 11.9 Å². The molecule has 0 N–H and O–H groups in total. The molecule has 1 aromatic carbocycles. The van der Waals surface area contributed by atoms with Gasteiger partial charge in [-0.1, -0.05) is 30.3 Å². The van der Waals surface area contributed by atoms with Crippen LogP contribution in [0.2, 0.25) is 0 Å². The molecule has 2 heterocycles. The maximum Gasteiger partial charge on any atom is 0.252 e. The smallest absolute Gasteiger partial charge is 0.252 e. The van der Waals surface area contributed by atoms with Gasteiger partial charge in [-0.3, -0.25) is 4.79 Å². The maximum atomic E-state index is 12.9. The normalized spacial score (nSPS) is 13.9. The molecule has 6 heteroatoms. The zero-order valence-corrected chi connectivity index (χ0v) is 15.2. The van der Waals surface area contributed by atoms with E-state index in [1.807, 2.05) is 36.9 Å². The standard InChI is InChI=1S/C20H23N5O/c1-14-18(15(2)25-20(23-14)21-13-22-25)10-11-19(26)24(17-8-9-17)12-16-6-4-3-5-7-16/h3-7,13,17H,8-12H2,1-2H3. The highest BCUT2D eigenvalue weighted by Gasteiger charge is 2.32. The van der Waals surface area contributed by atoms with Crippen molar-refractivity contribution in [2.45, 2.75) is 52.1 Å². The molecule has 3 aromatic rings. The number of nitrogens with zero attached hydrogens (tertiary/aromatic N) is 5. The van der Waals surface area contributed by atoms with Crippen LogP contribution in [0.1, 0.15) is 41.8 Å². The lowest BCUT2D eigenvalue weighted by Crippen LogP contribution is -2.32. The molecule has 1 saturated carbocycles. The van der Waals surface area contributed by atoms with Crippen molar-refractivity contribution >= 4 is 11.7 Å². The van der Waals surface area contributed by atoms with Gasteiger partial charge in [0.1, 0.15) is 6.33 Å². The van der Waals surface area contributed by atoms with Crippen molar-refractivity contribution in [2.24, 2.45) is 0 Å². The van der Waals surface area contributed by atoms with E-state index in [9.17, 15) is 4.79 Å². The van der Waals surface area contributed by atoms with Crippen LogP contribution in [-0.4, -0.2) is 36.4 Å². The fraction of sp³-hybridized carbons (Fsp3) is 0.400. The van der Waals surface area contributed by atoms with Gasteiger partial charge in [0.25, 0.3) is 5.78 Å². The van der Waals surface area contributed by atoms with Gasteiger partial charge in [0.15, 0.2) is 0 Å². The molecule has 134 valence electrons. The molecule has 0 aliphatic heterocycles. The van der Waals surface area contributed by atoms with Crippen LogP contribution >= 0.6 is 0 Å². The maximum absolute atomic E-state index is 12.9. The van der Waals surface area contributed by atoms with E-state index in [0.29, 0.717) is 31.2 Å². The van der Waals surface area contributed by atoms with Crippen LogP contribution in [-0.2, 0) is 17.8 Å². The SMILES string of the molecule is Cc1nc2ncnn2c(C)c1CCC(=O)N(Cc1ccccc1)C1CC1. The molecule has 0 bridgehead atoms. The Morgan fingerprint density at radius 1 is 1.23 bits per heavy atom. The summed E-state index contributed by atoms with van der Waals surface area (Å²) in [7, 11) is 0. The van der Waals surface area contributed by atoms with Crippen molar-refractivity contribution in [1.82, 2.24) is 24.5 Å². The van der Waals surface area contributed by atoms with Gasteiger partial charge in [0, 0.05) is 30.4 Å². The van der Waals surface area contributed by atoms with Gasteiger partial charge in [0.05, 0.1) is 0 Å². The van der Waals surface area contributed by atoms with Crippen LogP contribution in [0.4, 0.5) is 0 Å². The largest absolute Gasteiger partial charge is 0.335 e. The Kier molecular flexibility index (Phi) is 4.41. The summed E-state index contributed by atoms with van der Waals surface area (Å²) < 4.78 is 1.75. The van der Waals surface area contributed by atoms with E-state index in [1.54, 1.807) is 4.52 Å². The first-order chi connectivity index (χ1) is 12.6. The molecular weight excluding hydrogens is 326 g/mol. The second-order valence-electron chi connectivity index (χ2n) is 6.97. The van der Waals surface area contributed by atoms with E-state index in [-0.39, 0.29) is 5.91 Å². The summed E-state index contributed by atoms with van der Waals surface area (Å²) >= 11 is 0. The Hall–Kier alpha value is -2.76. The van der Waals surface area contributed by atoms with Gasteiger partial charge in [-0.15, -0.1) is 0 Å². The third-order valence-corrected chi connectivity index (χ3v) is 5.08. The fourth-order valence-corrected chi connectivity index (χ4v) is 3.48. The monoisotopic (exact) mass is 349 g/mol. The summed E-state index contributed by atoms with van der Waals surface area (Å²) in [5, 5.41) is 4.22. The van der Waals surface area contributed by atoms with Crippen molar-refractivity contribution in [3.63, 3.8) is 0 Å². The average Bonchev–Trinajstić information content (AvgIpc) is 3.37. The van der Waals surface area contributed by atoms with E-state index in [4.69, 9.17) is 0 Å². The van der Waals surface area contributed by atoms with Crippen LogP contribution in [0.25, 0.3) is 5.78 Å². The molecule has 1 fully saturated rings. The summed E-state index contributed by atoms with van der Waals surface area (Å²) in [6, 6.07) is 10.6. The summed E-state index contributed by atoms with van der Waals surface area (Å²) in [6.07, 6.45) is 4.91. The predicted octanol–water partition coefficient (Wildman–Crippen LogP) is 2.86. The van der Waals surface area contributed by atoms with Gasteiger partial charge in [-0.25, -0.2) is 9.50 Å². The molecule has 0 radical (unpaired) electrons. The molecule has 6 nitrogen and oxygen atoms in total. The topological polar surface area (TPSA) is 63.4 Å². The van der Waals surface area contributed by atoms with Crippen molar-refractivity contribution in [3.8, 4) is 0 Å². The quantitative estimate of drug-likeness (QED) is 0.686. The Balaban J connectivity index is 1.49. The highest BCUT2D eigenvalue weighted by Crippen LogP contribution is 2.29. The first-order valence-electron chi connectivity index (χ1n) is 9.12. The molecule has 0 spiro atoms. The molecule has 1 aliphatic carbocycles. The Morgan fingerprint density at radius 3 is 2.73 bits per heavy atom. The number of rotatable bonds is 6. The number of carbonyl (C=O) groups is 1. The molecule has 0 saturated heterocycles. The Labute approximate surface area is 152 Å². The second kappa shape index (κ2) is 6.86. The first-order valence-corrected chi connectivity index (χ1v) is 9.12. The molecule has 0 atom stereocenters. The fourth-order valence-electron chi connectivity index (χ4n) is 3.48. The molecule has 2 aromatic heterocycles. The number of hydrogen-bond donors (Lipinski definition) is 0. The van der Waals surface area contributed by atoms with Crippen LogP contribution in [0.5, 0.6) is 0 Å². The van der Waals surface area contributed by atoms with Crippen LogP contribution in [0.3, 0.4) is 0 Å². The lowest BCUT2D eigenvalue weighted by molar-refractivity contribution is -0.132. The number of hydrogen-bond acceptors (Lipinski definition) is 4. The zero-order chi connectivity index (χ0) is 18.1. The van der Waals surface area contributed by atoms with E-state index >= 15 is 0 Å². The molecule has 4 rings (SSSR count). The number of aryl methyl sites for hydroxylation is 2. The lowest BCUT2D eigenvalue weighted by Gasteiger charge is -2.23. The highest BCUT2D eigenvalue weighted by molar-refractivity contribution is 5.77. The van der Waals surface area contributed by atoms with Gasteiger partial charge < -0.3 is 4.90 Å². The average molecular weight is 349 g/mol. The zero-order valence-electron chi connectivity index (χ0n) is 15.2. The summed E-state index contributed by atoms with van der Waals surface area (Å²) in [5.74, 6) is 0.826. The van der Waals surface area contributed by atoms with Crippen molar-refractivity contribution < 1.29 is 4.79 Å². The molecular formula is C20H23N5O. The summed E-state index contributed by atoms with van der Waals surface area (Å²) in [5.41, 5.74) is 4.22. The Morgan fingerprint density at radius 2 is 2.00 bits per heavy atom. The third-order valence-electron chi connectivity index (χ3n) is 5.08. The number of carbonyl (C=O) groups excluding carboxylic acids is 1. The number of fused-ring (bicyclic) bond motifs is 1. The van der Waals surface area contributed by atoms with Crippen molar-refractivity contribution in [2.75, 3.05) is 0 Å². The number of amides is 1. The third kappa shape index (κ3) is 3.31. The minimum absolute atomic E-state index is 0.217. The van der Waals surface area contributed by atoms with Crippen molar-refractivity contribution in [1.29, 1.82) is 0 Å². The summed E-state index contributed by atoms with van der Waals surface area (Å²) in [6.45, 7) is 4.69. The first kappa shape index (κ1) is 16.7. The minimum Gasteiger partial charge on any atom is -0.335 e. The minimum atomic E-state index is 0.217. The highest BCUT2D eigenvalue weighted by atomic mass is 16.2. The van der Waals surface area contributed by atoms with E-state index in [2.05, 4.69) is 27.2 Å². The lowest BCUT2D eigenvalue weighted by atomic mass is 10.1. The van der Waals surface area contributed by atoms with Crippen LogP contribution < -0.4 is 0 Å². The van der Waals surface area contributed by atoms with Gasteiger partial charge >= 0.3 is 0 Å². The molecule has 1 aliphatic rings. The van der Waals surface area contributed by atoms with Gasteiger partial charge in [0.2, 0.25) is 5.91 Å².